The Kier molecular flexibility index (Phi) is 5.22. The van der Waals surface area contributed by atoms with Gasteiger partial charge in [0, 0.05) is 12.6 Å². The van der Waals surface area contributed by atoms with E-state index in [1.165, 1.54) is 38.7 Å². The van der Waals surface area contributed by atoms with E-state index in [2.05, 4.69) is 27.1 Å². The van der Waals surface area contributed by atoms with E-state index in [1.807, 2.05) is 0 Å². The number of aromatic nitrogens is 2. The third kappa shape index (κ3) is 3.70. The van der Waals surface area contributed by atoms with Crippen molar-refractivity contribution in [1.82, 2.24) is 14.9 Å². The van der Waals surface area contributed by atoms with Gasteiger partial charge in [-0.2, -0.15) is 0 Å². The molecule has 1 atom stereocenters. The van der Waals surface area contributed by atoms with Gasteiger partial charge in [0.15, 0.2) is 16.7 Å². The molecule has 1 aromatic rings. The second-order valence-electron chi connectivity index (χ2n) is 4.87. The molecule has 1 aromatic heterocycles. The van der Waals surface area contributed by atoms with Crippen LogP contribution < -0.4 is 10.1 Å². The van der Waals surface area contributed by atoms with E-state index in [-0.39, 0.29) is 0 Å². The quantitative estimate of drug-likeness (QED) is 0.842. The molecule has 1 N–H and O–H groups in total. The number of hydrogen-bond donors (Lipinski definition) is 1. The maximum atomic E-state index is 5.97. The summed E-state index contributed by atoms with van der Waals surface area (Å²) in [5.74, 6) is 1.17. The largest absolute Gasteiger partial charge is 0.490 e. The van der Waals surface area contributed by atoms with Crippen molar-refractivity contribution in [1.29, 1.82) is 0 Å². The third-order valence-corrected chi connectivity index (χ3v) is 3.81. The van der Waals surface area contributed by atoms with E-state index < -0.39 is 0 Å². The zero-order valence-electron chi connectivity index (χ0n) is 11.5. The van der Waals surface area contributed by atoms with E-state index in [1.54, 1.807) is 7.11 Å². The fourth-order valence-corrected chi connectivity index (χ4v) is 2.60. The van der Waals surface area contributed by atoms with Gasteiger partial charge in [0.2, 0.25) is 0 Å². The highest BCUT2D eigenvalue weighted by atomic mass is 35.5. The Morgan fingerprint density at radius 3 is 2.79 bits per heavy atom. The number of methoxy groups -OCH3 is 1. The number of anilines is 1. The number of nitrogens with zero attached hydrogens (tertiary/aromatic N) is 3. The predicted molar refractivity (Wildman–Crippen MR) is 77.0 cm³/mol. The molecule has 0 aromatic carbocycles. The van der Waals surface area contributed by atoms with Gasteiger partial charge in [-0.1, -0.05) is 18.0 Å². The summed E-state index contributed by atoms with van der Waals surface area (Å²) in [6.07, 6.45) is 5.39. The fraction of sp³-hybridized carbons (Fsp3) is 0.692. The highest BCUT2D eigenvalue weighted by Gasteiger charge is 2.17. The molecule has 0 saturated carbocycles. The van der Waals surface area contributed by atoms with Crippen molar-refractivity contribution < 1.29 is 4.74 Å². The SMILES string of the molecule is COc1c(Cl)ncnc1NCC(C)N1CCCCC1. The van der Waals surface area contributed by atoms with Crippen LogP contribution in [0.5, 0.6) is 5.75 Å². The van der Waals surface area contributed by atoms with Crippen molar-refractivity contribution in [3.8, 4) is 5.75 Å². The minimum Gasteiger partial charge on any atom is -0.490 e. The van der Waals surface area contributed by atoms with Crippen LogP contribution in [0, 0.1) is 0 Å². The number of rotatable bonds is 5. The smallest absolute Gasteiger partial charge is 0.198 e. The summed E-state index contributed by atoms with van der Waals surface area (Å²) >= 11 is 5.97. The molecule has 1 unspecified atom stereocenters. The van der Waals surface area contributed by atoms with E-state index in [9.17, 15) is 0 Å². The molecule has 0 aliphatic carbocycles. The molecule has 106 valence electrons. The van der Waals surface area contributed by atoms with Gasteiger partial charge in [-0.25, -0.2) is 9.97 Å². The minimum atomic E-state index is 0.339. The molecule has 2 heterocycles. The monoisotopic (exact) mass is 284 g/mol. The molecule has 5 nitrogen and oxygen atoms in total. The van der Waals surface area contributed by atoms with Gasteiger partial charge < -0.3 is 10.1 Å². The summed E-state index contributed by atoms with van der Waals surface area (Å²) < 4.78 is 5.22. The minimum absolute atomic E-state index is 0.339. The molecular formula is C13H21ClN4O. The Balaban J connectivity index is 1.92. The lowest BCUT2D eigenvalue weighted by Crippen LogP contribution is -2.41. The van der Waals surface area contributed by atoms with Crippen LogP contribution in [0.3, 0.4) is 0 Å². The third-order valence-electron chi connectivity index (χ3n) is 3.54. The summed E-state index contributed by atoms with van der Waals surface area (Å²) in [7, 11) is 1.57. The maximum Gasteiger partial charge on any atom is 0.198 e. The molecular weight excluding hydrogens is 264 g/mol. The van der Waals surface area contributed by atoms with Crippen LogP contribution in [0.25, 0.3) is 0 Å². The summed E-state index contributed by atoms with van der Waals surface area (Å²) in [6.45, 7) is 5.42. The maximum absolute atomic E-state index is 5.97. The highest BCUT2D eigenvalue weighted by molar-refractivity contribution is 6.31. The Bertz CT molecular complexity index is 410. The Hall–Kier alpha value is -1.07. The zero-order valence-corrected chi connectivity index (χ0v) is 12.3. The molecule has 0 radical (unpaired) electrons. The number of nitrogens with one attached hydrogen (secondary N) is 1. The molecule has 19 heavy (non-hydrogen) atoms. The fourth-order valence-electron chi connectivity index (χ4n) is 2.39. The van der Waals surface area contributed by atoms with Crippen molar-refractivity contribution in [3.63, 3.8) is 0 Å². The van der Waals surface area contributed by atoms with E-state index in [0.717, 1.165) is 6.54 Å². The van der Waals surface area contributed by atoms with E-state index in [4.69, 9.17) is 16.3 Å². The lowest BCUT2D eigenvalue weighted by Gasteiger charge is -2.32. The van der Waals surface area contributed by atoms with Crippen LogP contribution >= 0.6 is 11.6 Å². The number of ether oxygens (including phenoxy) is 1. The van der Waals surface area contributed by atoms with Gasteiger partial charge in [0.1, 0.15) is 6.33 Å². The molecule has 2 rings (SSSR count). The van der Waals surface area contributed by atoms with Gasteiger partial charge in [-0.05, 0) is 32.9 Å². The van der Waals surface area contributed by atoms with Gasteiger partial charge in [-0.3, -0.25) is 4.90 Å². The topological polar surface area (TPSA) is 50.3 Å². The first-order valence-corrected chi connectivity index (χ1v) is 7.12. The van der Waals surface area contributed by atoms with Gasteiger partial charge in [0.05, 0.1) is 7.11 Å². The number of hydrogen-bond acceptors (Lipinski definition) is 5. The summed E-state index contributed by atoms with van der Waals surface area (Å²) in [5, 5.41) is 3.64. The van der Waals surface area contributed by atoms with Gasteiger partial charge >= 0.3 is 0 Å². The van der Waals surface area contributed by atoms with E-state index >= 15 is 0 Å². The summed E-state index contributed by atoms with van der Waals surface area (Å²) in [6, 6.07) is 0.471. The normalized spacial score (nSPS) is 18.1. The summed E-state index contributed by atoms with van der Waals surface area (Å²) in [5.41, 5.74) is 0. The van der Waals surface area contributed by atoms with Crippen molar-refractivity contribution in [2.45, 2.75) is 32.2 Å². The van der Waals surface area contributed by atoms with Crippen molar-refractivity contribution in [2.75, 3.05) is 32.1 Å². The molecule has 0 bridgehead atoms. The Morgan fingerprint density at radius 1 is 1.37 bits per heavy atom. The summed E-state index contributed by atoms with van der Waals surface area (Å²) in [4.78, 5) is 10.6. The van der Waals surface area contributed by atoms with Crippen molar-refractivity contribution >= 4 is 17.4 Å². The standard InChI is InChI=1S/C13H21ClN4O/c1-10(18-6-4-3-5-7-18)8-15-13-11(19-2)12(14)16-9-17-13/h9-10H,3-8H2,1-2H3,(H,15,16,17). The molecule has 6 heteroatoms. The van der Waals surface area contributed by atoms with Crippen LogP contribution in [0.15, 0.2) is 6.33 Å². The lowest BCUT2D eigenvalue weighted by molar-refractivity contribution is 0.180. The average molecular weight is 285 g/mol. The Morgan fingerprint density at radius 2 is 2.11 bits per heavy atom. The molecule has 0 amide bonds. The first-order valence-electron chi connectivity index (χ1n) is 6.74. The van der Waals surface area contributed by atoms with Crippen LogP contribution in [0.2, 0.25) is 5.15 Å². The second-order valence-corrected chi connectivity index (χ2v) is 5.23. The van der Waals surface area contributed by atoms with Crippen LogP contribution in [0.4, 0.5) is 5.82 Å². The molecule has 1 saturated heterocycles. The van der Waals surface area contributed by atoms with Crippen molar-refractivity contribution in [3.05, 3.63) is 11.5 Å². The second kappa shape index (κ2) is 6.91. The first kappa shape index (κ1) is 14.3. The number of likely N-dealkylation sites (tertiary alicyclic amines) is 1. The van der Waals surface area contributed by atoms with Crippen LogP contribution in [0.1, 0.15) is 26.2 Å². The van der Waals surface area contributed by atoms with Crippen LogP contribution in [-0.4, -0.2) is 47.7 Å². The van der Waals surface area contributed by atoms with Crippen molar-refractivity contribution in [2.24, 2.45) is 0 Å². The first-order chi connectivity index (χ1) is 9.22. The lowest BCUT2D eigenvalue weighted by atomic mass is 10.1. The predicted octanol–water partition coefficient (Wildman–Crippen LogP) is 2.42. The zero-order chi connectivity index (χ0) is 13.7. The number of piperidine rings is 1. The Labute approximate surface area is 119 Å². The highest BCUT2D eigenvalue weighted by Crippen LogP contribution is 2.28. The van der Waals surface area contributed by atoms with E-state index in [0.29, 0.717) is 22.8 Å². The number of halogens is 1. The van der Waals surface area contributed by atoms with Gasteiger partial charge in [-0.15, -0.1) is 0 Å². The molecule has 1 aliphatic heterocycles. The van der Waals surface area contributed by atoms with Gasteiger partial charge in [0.25, 0.3) is 0 Å². The molecule has 1 aliphatic rings. The average Bonchev–Trinajstić information content (AvgIpc) is 2.45. The molecule has 1 fully saturated rings. The molecule has 0 spiro atoms. The van der Waals surface area contributed by atoms with Crippen LogP contribution in [-0.2, 0) is 0 Å².